The van der Waals surface area contributed by atoms with Crippen LogP contribution in [0.3, 0.4) is 0 Å². The first-order valence-electron chi connectivity index (χ1n) is 9.22. The molecule has 1 aliphatic carbocycles. The van der Waals surface area contributed by atoms with Crippen LogP contribution in [-0.4, -0.2) is 27.3 Å². The normalized spacial score (nSPS) is 14.5. The maximum absolute atomic E-state index is 13.1. The first-order chi connectivity index (χ1) is 13.2. The molecule has 1 heterocycles. The number of carbonyl (C=O) groups is 1. The highest BCUT2D eigenvalue weighted by Gasteiger charge is 2.18. The van der Waals surface area contributed by atoms with E-state index in [0.29, 0.717) is 22.1 Å². The molecular weight excluding hydrogens is 358 g/mol. The van der Waals surface area contributed by atoms with Gasteiger partial charge in [0.05, 0.1) is 22.3 Å². The minimum absolute atomic E-state index is 0.00563. The first-order valence-corrected chi connectivity index (χ1v) is 10.2. The van der Waals surface area contributed by atoms with Crippen LogP contribution >= 0.6 is 11.8 Å². The maximum atomic E-state index is 13.1. The Morgan fingerprint density at radius 3 is 2.56 bits per heavy atom. The van der Waals surface area contributed by atoms with Crippen LogP contribution in [0.15, 0.2) is 64.5 Å². The highest BCUT2D eigenvalue weighted by Crippen LogP contribution is 2.22. The van der Waals surface area contributed by atoms with Crippen molar-refractivity contribution in [2.75, 3.05) is 5.75 Å². The predicted octanol–water partition coefficient (Wildman–Crippen LogP) is 3.54. The van der Waals surface area contributed by atoms with E-state index in [1.165, 1.54) is 24.6 Å². The third-order valence-corrected chi connectivity index (χ3v) is 5.75. The van der Waals surface area contributed by atoms with Gasteiger partial charge in [-0.3, -0.25) is 14.2 Å². The summed E-state index contributed by atoms with van der Waals surface area (Å²) < 4.78 is 1.59. The zero-order chi connectivity index (χ0) is 18.6. The quantitative estimate of drug-likeness (QED) is 0.544. The lowest BCUT2D eigenvalue weighted by Crippen LogP contribution is -2.34. The minimum atomic E-state index is -0.120. The number of amides is 1. The summed E-state index contributed by atoms with van der Waals surface area (Å²) in [6.07, 6.45) is 4.47. The molecule has 0 unspecified atom stereocenters. The predicted molar refractivity (Wildman–Crippen MR) is 108 cm³/mol. The van der Waals surface area contributed by atoms with Crippen molar-refractivity contribution in [3.63, 3.8) is 0 Å². The average Bonchev–Trinajstić information content (AvgIpc) is 3.20. The number of para-hydroxylation sites is 2. The molecular formula is C21H21N3O2S. The molecule has 6 heteroatoms. The lowest BCUT2D eigenvalue weighted by atomic mass is 10.2. The van der Waals surface area contributed by atoms with E-state index in [0.717, 1.165) is 18.5 Å². The summed E-state index contributed by atoms with van der Waals surface area (Å²) in [6, 6.07) is 17.0. The third kappa shape index (κ3) is 3.90. The van der Waals surface area contributed by atoms with Crippen molar-refractivity contribution in [1.82, 2.24) is 14.9 Å². The molecule has 1 aliphatic rings. The number of thioether (sulfide) groups is 1. The van der Waals surface area contributed by atoms with Crippen LogP contribution in [0.1, 0.15) is 25.7 Å². The first kappa shape index (κ1) is 17.8. The van der Waals surface area contributed by atoms with Crippen LogP contribution in [0.2, 0.25) is 0 Å². The second kappa shape index (κ2) is 7.96. The summed E-state index contributed by atoms with van der Waals surface area (Å²) in [5.74, 6) is 0.239. The standard InChI is InChI=1S/C21H21N3O2S/c25-19(22-15-8-4-5-9-15)14-27-21-23-18-13-7-6-12-17(18)20(26)24(21)16-10-2-1-3-11-16/h1-3,6-7,10-13,15H,4-5,8-9,14H2,(H,22,25). The lowest BCUT2D eigenvalue weighted by molar-refractivity contribution is -0.119. The number of hydrogen-bond donors (Lipinski definition) is 1. The molecule has 4 rings (SSSR count). The molecule has 1 N–H and O–H groups in total. The smallest absolute Gasteiger partial charge is 0.266 e. The van der Waals surface area contributed by atoms with Gasteiger partial charge >= 0.3 is 0 Å². The van der Waals surface area contributed by atoms with Gasteiger partial charge in [-0.05, 0) is 37.1 Å². The van der Waals surface area contributed by atoms with Crippen LogP contribution in [-0.2, 0) is 4.79 Å². The second-order valence-electron chi connectivity index (χ2n) is 6.73. The van der Waals surface area contributed by atoms with Gasteiger partial charge in [-0.25, -0.2) is 4.98 Å². The van der Waals surface area contributed by atoms with E-state index < -0.39 is 0 Å². The third-order valence-electron chi connectivity index (χ3n) is 4.81. The van der Waals surface area contributed by atoms with E-state index in [9.17, 15) is 9.59 Å². The van der Waals surface area contributed by atoms with Crippen molar-refractivity contribution in [3.8, 4) is 5.69 Å². The van der Waals surface area contributed by atoms with Crippen molar-refractivity contribution in [2.45, 2.75) is 36.9 Å². The molecule has 2 aromatic carbocycles. The number of hydrogen-bond acceptors (Lipinski definition) is 4. The summed E-state index contributed by atoms with van der Waals surface area (Å²) in [6.45, 7) is 0. The van der Waals surface area contributed by atoms with Gasteiger partial charge in [0.25, 0.3) is 5.56 Å². The minimum Gasteiger partial charge on any atom is -0.353 e. The van der Waals surface area contributed by atoms with Crippen LogP contribution < -0.4 is 10.9 Å². The Morgan fingerprint density at radius 2 is 1.78 bits per heavy atom. The van der Waals surface area contributed by atoms with E-state index in [-0.39, 0.29) is 17.2 Å². The van der Waals surface area contributed by atoms with Crippen molar-refractivity contribution < 1.29 is 4.79 Å². The summed E-state index contributed by atoms with van der Waals surface area (Å²) in [7, 11) is 0. The van der Waals surface area contributed by atoms with Crippen molar-refractivity contribution in [3.05, 3.63) is 65.0 Å². The largest absolute Gasteiger partial charge is 0.353 e. The zero-order valence-electron chi connectivity index (χ0n) is 14.9. The van der Waals surface area contributed by atoms with Gasteiger partial charge in [-0.1, -0.05) is 54.9 Å². The molecule has 1 fully saturated rings. The summed E-state index contributed by atoms with van der Waals surface area (Å²) >= 11 is 1.30. The van der Waals surface area contributed by atoms with Crippen LogP contribution in [0.5, 0.6) is 0 Å². The molecule has 138 valence electrons. The lowest BCUT2D eigenvalue weighted by Gasteiger charge is -2.14. The molecule has 0 spiro atoms. The number of fused-ring (bicyclic) bond motifs is 1. The number of benzene rings is 2. The second-order valence-corrected chi connectivity index (χ2v) is 7.67. The van der Waals surface area contributed by atoms with E-state index in [4.69, 9.17) is 0 Å². The van der Waals surface area contributed by atoms with Crippen LogP contribution in [0.4, 0.5) is 0 Å². The molecule has 0 atom stereocenters. The summed E-state index contributed by atoms with van der Waals surface area (Å²) in [5, 5.41) is 4.19. The SMILES string of the molecule is O=C(CSc1nc2ccccc2c(=O)n1-c1ccccc1)NC1CCCC1. The molecule has 27 heavy (non-hydrogen) atoms. The van der Waals surface area contributed by atoms with Gasteiger partial charge in [0, 0.05) is 6.04 Å². The Hall–Kier alpha value is -2.60. The Kier molecular flexibility index (Phi) is 5.25. The molecule has 0 aliphatic heterocycles. The zero-order valence-corrected chi connectivity index (χ0v) is 15.7. The fourth-order valence-corrected chi connectivity index (χ4v) is 4.31. The number of nitrogens with one attached hydrogen (secondary N) is 1. The van der Waals surface area contributed by atoms with Gasteiger partial charge in [0.2, 0.25) is 5.91 Å². The Balaban J connectivity index is 1.66. The number of rotatable bonds is 5. The van der Waals surface area contributed by atoms with Gasteiger partial charge in [-0.2, -0.15) is 0 Å². The molecule has 1 amide bonds. The van der Waals surface area contributed by atoms with Crippen LogP contribution in [0.25, 0.3) is 16.6 Å². The van der Waals surface area contributed by atoms with E-state index >= 15 is 0 Å². The Morgan fingerprint density at radius 1 is 1.07 bits per heavy atom. The Bertz CT molecular complexity index is 1010. The van der Waals surface area contributed by atoms with E-state index in [1.807, 2.05) is 48.5 Å². The van der Waals surface area contributed by atoms with Gasteiger partial charge in [-0.15, -0.1) is 0 Å². The highest BCUT2D eigenvalue weighted by molar-refractivity contribution is 7.99. The number of nitrogens with zero attached hydrogens (tertiary/aromatic N) is 2. The number of aromatic nitrogens is 2. The van der Waals surface area contributed by atoms with E-state index in [1.54, 1.807) is 10.6 Å². The fourth-order valence-electron chi connectivity index (χ4n) is 3.48. The van der Waals surface area contributed by atoms with Crippen molar-refractivity contribution in [1.29, 1.82) is 0 Å². The molecule has 1 aromatic heterocycles. The van der Waals surface area contributed by atoms with Gasteiger partial charge < -0.3 is 5.32 Å². The molecule has 1 saturated carbocycles. The topological polar surface area (TPSA) is 64.0 Å². The van der Waals surface area contributed by atoms with Gasteiger partial charge in [0.15, 0.2) is 5.16 Å². The molecule has 3 aromatic rings. The highest BCUT2D eigenvalue weighted by atomic mass is 32.2. The average molecular weight is 379 g/mol. The van der Waals surface area contributed by atoms with Crippen LogP contribution in [0, 0.1) is 0 Å². The van der Waals surface area contributed by atoms with Gasteiger partial charge in [0.1, 0.15) is 0 Å². The number of carbonyl (C=O) groups excluding carboxylic acids is 1. The van der Waals surface area contributed by atoms with Crippen molar-refractivity contribution >= 4 is 28.6 Å². The van der Waals surface area contributed by atoms with E-state index in [2.05, 4.69) is 10.3 Å². The fraction of sp³-hybridized carbons (Fsp3) is 0.286. The summed E-state index contributed by atoms with van der Waals surface area (Å²) in [5.41, 5.74) is 1.28. The van der Waals surface area contributed by atoms with Crippen molar-refractivity contribution in [2.24, 2.45) is 0 Å². The molecule has 5 nitrogen and oxygen atoms in total. The molecule has 0 saturated heterocycles. The maximum Gasteiger partial charge on any atom is 0.266 e. The molecule has 0 bridgehead atoms. The Labute approximate surface area is 161 Å². The molecule has 0 radical (unpaired) electrons. The monoisotopic (exact) mass is 379 g/mol. The summed E-state index contributed by atoms with van der Waals surface area (Å²) in [4.78, 5) is 30.1.